The van der Waals surface area contributed by atoms with Gasteiger partial charge in [-0.25, -0.2) is 13.2 Å². The number of nitrogens with two attached hydrogens (primary N) is 1. The zero-order valence-corrected chi connectivity index (χ0v) is 17.2. The largest absolute Gasteiger partial charge is 0.384 e. The number of halogens is 3. The lowest BCUT2D eigenvalue weighted by molar-refractivity contribution is 0.103. The third-order valence-electron chi connectivity index (χ3n) is 4.65. The molecule has 11 heteroatoms. The van der Waals surface area contributed by atoms with E-state index in [2.05, 4.69) is 0 Å². The van der Waals surface area contributed by atoms with Gasteiger partial charge in [0.2, 0.25) is 0 Å². The van der Waals surface area contributed by atoms with Crippen LogP contribution in [0.1, 0.15) is 27.9 Å². The Kier molecular flexibility index (Phi) is 6.51. The van der Waals surface area contributed by atoms with E-state index in [4.69, 9.17) is 10.3 Å². The van der Waals surface area contributed by atoms with Gasteiger partial charge >= 0.3 is 0 Å². The van der Waals surface area contributed by atoms with Gasteiger partial charge in [-0.3, -0.25) is 18.7 Å². The van der Waals surface area contributed by atoms with Crippen LogP contribution in [0.5, 0.6) is 0 Å². The van der Waals surface area contributed by atoms with E-state index >= 15 is 0 Å². The molecule has 3 aromatic rings. The molecule has 1 aromatic heterocycles. The lowest BCUT2D eigenvalue weighted by Crippen LogP contribution is -2.25. The van der Waals surface area contributed by atoms with Crippen molar-refractivity contribution in [3.63, 3.8) is 0 Å². The molecule has 0 fully saturated rings. The fourth-order valence-electron chi connectivity index (χ4n) is 3.17. The van der Waals surface area contributed by atoms with Gasteiger partial charge in [-0.05, 0) is 60.9 Å². The van der Waals surface area contributed by atoms with Gasteiger partial charge < -0.3 is 5.73 Å². The van der Waals surface area contributed by atoms with Crippen molar-refractivity contribution < 1.29 is 30.9 Å². The van der Waals surface area contributed by atoms with Crippen LogP contribution in [0.3, 0.4) is 0 Å². The minimum absolute atomic E-state index is 0.0541. The second-order valence-electron chi connectivity index (χ2n) is 6.94. The highest BCUT2D eigenvalue weighted by Gasteiger charge is 2.21. The van der Waals surface area contributed by atoms with Gasteiger partial charge in [0.25, 0.3) is 15.7 Å². The van der Waals surface area contributed by atoms with E-state index in [-0.39, 0.29) is 29.5 Å². The van der Waals surface area contributed by atoms with Crippen molar-refractivity contribution in [3.8, 4) is 5.69 Å². The van der Waals surface area contributed by atoms with Gasteiger partial charge in [0.05, 0.1) is 11.3 Å². The lowest BCUT2D eigenvalue weighted by atomic mass is 10.0. The molecule has 0 spiro atoms. The number of nitrogen functional groups attached to an aromatic ring is 1. The summed E-state index contributed by atoms with van der Waals surface area (Å²) in [5.74, 6) is -4.67. The number of aromatic nitrogens is 1. The van der Waals surface area contributed by atoms with Crippen LogP contribution in [0.25, 0.3) is 5.69 Å². The average Bonchev–Trinajstić information content (AvgIpc) is 2.69. The number of nitrogens with zero attached hydrogens (tertiary/aromatic N) is 1. The summed E-state index contributed by atoms with van der Waals surface area (Å²) >= 11 is 0. The minimum Gasteiger partial charge on any atom is -0.384 e. The predicted molar refractivity (Wildman–Crippen MR) is 111 cm³/mol. The SMILES string of the molecule is Nc1c(C(=O)c2ccc(F)cc2)ccc(=O)n1-c1c(F)cc(CCCS(=O)(=O)O)cc1F. The summed E-state index contributed by atoms with van der Waals surface area (Å²) in [6.45, 7) is 0. The van der Waals surface area contributed by atoms with Crippen molar-refractivity contribution >= 4 is 21.7 Å². The van der Waals surface area contributed by atoms with Gasteiger partial charge in [0, 0.05) is 11.6 Å². The van der Waals surface area contributed by atoms with Crippen molar-refractivity contribution in [2.24, 2.45) is 0 Å². The van der Waals surface area contributed by atoms with E-state index in [9.17, 15) is 31.2 Å². The smallest absolute Gasteiger partial charge is 0.264 e. The number of aryl methyl sites for hydroxylation is 1. The van der Waals surface area contributed by atoms with Crippen LogP contribution in [0.2, 0.25) is 0 Å². The molecule has 0 bridgehead atoms. The molecular weight excluding hydrogens is 449 g/mol. The number of anilines is 1. The highest BCUT2D eigenvalue weighted by atomic mass is 32.2. The van der Waals surface area contributed by atoms with Crippen molar-refractivity contribution in [3.05, 3.63) is 93.0 Å². The summed E-state index contributed by atoms with van der Waals surface area (Å²) < 4.78 is 73.5. The van der Waals surface area contributed by atoms with Gasteiger partial charge in [-0.15, -0.1) is 0 Å². The molecule has 0 aliphatic rings. The van der Waals surface area contributed by atoms with E-state index in [0.29, 0.717) is 4.57 Å². The maximum Gasteiger partial charge on any atom is 0.264 e. The molecule has 1 heterocycles. The molecule has 0 atom stereocenters. The number of rotatable bonds is 7. The summed E-state index contributed by atoms with van der Waals surface area (Å²) in [4.78, 5) is 25.1. The van der Waals surface area contributed by atoms with E-state index in [1.807, 2.05) is 0 Å². The second-order valence-corrected chi connectivity index (χ2v) is 8.51. The minimum atomic E-state index is -4.22. The van der Waals surface area contributed by atoms with Crippen LogP contribution in [-0.4, -0.2) is 29.1 Å². The molecule has 0 aliphatic carbocycles. The first-order valence-electron chi connectivity index (χ1n) is 9.23. The lowest BCUT2D eigenvalue weighted by Gasteiger charge is -2.15. The number of hydrogen-bond donors (Lipinski definition) is 2. The number of carbonyl (C=O) groups is 1. The number of carbonyl (C=O) groups excluding carboxylic acids is 1. The van der Waals surface area contributed by atoms with Crippen LogP contribution < -0.4 is 11.3 Å². The van der Waals surface area contributed by atoms with E-state index in [1.54, 1.807) is 0 Å². The fraction of sp³-hybridized carbons (Fsp3) is 0.143. The summed E-state index contributed by atoms with van der Waals surface area (Å²) in [6, 6.07) is 8.36. The standard InChI is InChI=1S/C21H17F3N2O5S/c22-14-5-3-13(4-6-14)20(28)15-7-8-18(27)26(21(15)25)19-16(23)10-12(11-17(19)24)2-1-9-32(29,30)31/h3-8,10-11H,1-2,9,25H2,(H,29,30,31). The molecule has 7 nitrogen and oxygen atoms in total. The Labute approximate surface area is 180 Å². The summed E-state index contributed by atoms with van der Waals surface area (Å²) in [7, 11) is -4.22. The molecule has 32 heavy (non-hydrogen) atoms. The van der Waals surface area contributed by atoms with Crippen LogP contribution in [0.15, 0.2) is 53.3 Å². The Bertz CT molecular complexity index is 1330. The molecule has 3 N–H and O–H groups in total. The predicted octanol–water partition coefficient (Wildman–Crippen LogP) is 2.89. The van der Waals surface area contributed by atoms with Crippen molar-refractivity contribution in [1.29, 1.82) is 0 Å². The molecule has 3 rings (SSSR count). The molecule has 2 aromatic carbocycles. The van der Waals surface area contributed by atoms with Crippen LogP contribution in [0, 0.1) is 17.5 Å². The maximum atomic E-state index is 14.8. The Hall–Kier alpha value is -3.44. The summed E-state index contributed by atoms with van der Waals surface area (Å²) in [6.07, 6.45) is -0.137. The van der Waals surface area contributed by atoms with Crippen LogP contribution in [-0.2, 0) is 16.5 Å². The summed E-state index contributed by atoms with van der Waals surface area (Å²) in [5.41, 5.74) is 4.16. The van der Waals surface area contributed by atoms with E-state index in [1.165, 1.54) is 12.1 Å². The second kappa shape index (κ2) is 8.97. The Morgan fingerprint density at radius 2 is 1.59 bits per heavy atom. The first-order valence-corrected chi connectivity index (χ1v) is 10.8. The van der Waals surface area contributed by atoms with Crippen LogP contribution in [0.4, 0.5) is 19.0 Å². The quantitative estimate of drug-likeness (QED) is 0.408. The van der Waals surface area contributed by atoms with Gasteiger partial charge in [-0.1, -0.05) is 0 Å². The van der Waals surface area contributed by atoms with E-state index < -0.39 is 56.2 Å². The van der Waals surface area contributed by atoms with Gasteiger partial charge in [-0.2, -0.15) is 8.42 Å². The Morgan fingerprint density at radius 1 is 1.00 bits per heavy atom. The normalized spacial score (nSPS) is 11.5. The average molecular weight is 466 g/mol. The third kappa shape index (κ3) is 5.06. The molecule has 0 saturated heterocycles. The zero-order valence-electron chi connectivity index (χ0n) is 16.4. The Balaban J connectivity index is 2.02. The fourth-order valence-corrected chi connectivity index (χ4v) is 3.68. The molecule has 0 saturated carbocycles. The molecule has 0 unspecified atom stereocenters. The topological polar surface area (TPSA) is 119 Å². The molecule has 0 aliphatic heterocycles. The molecule has 0 amide bonds. The van der Waals surface area contributed by atoms with Crippen molar-refractivity contribution in [1.82, 2.24) is 4.57 Å². The van der Waals surface area contributed by atoms with Gasteiger partial charge in [0.1, 0.15) is 17.3 Å². The zero-order chi connectivity index (χ0) is 23.6. The first kappa shape index (κ1) is 23.2. The van der Waals surface area contributed by atoms with E-state index in [0.717, 1.165) is 36.4 Å². The monoisotopic (exact) mass is 466 g/mol. The van der Waals surface area contributed by atoms with Gasteiger partial charge in [0.15, 0.2) is 17.4 Å². The Morgan fingerprint density at radius 3 is 2.16 bits per heavy atom. The molecule has 0 radical (unpaired) electrons. The number of benzene rings is 2. The van der Waals surface area contributed by atoms with Crippen LogP contribution >= 0.6 is 0 Å². The van der Waals surface area contributed by atoms with Crippen molar-refractivity contribution in [2.75, 3.05) is 11.5 Å². The number of pyridine rings is 1. The third-order valence-corrected chi connectivity index (χ3v) is 5.45. The number of ketones is 1. The number of hydrogen-bond acceptors (Lipinski definition) is 5. The highest BCUT2D eigenvalue weighted by molar-refractivity contribution is 7.85. The maximum absolute atomic E-state index is 14.8. The first-order chi connectivity index (χ1) is 15.0. The molecule has 168 valence electrons. The van der Waals surface area contributed by atoms with Crippen molar-refractivity contribution in [2.45, 2.75) is 12.8 Å². The summed E-state index contributed by atoms with van der Waals surface area (Å²) in [5, 5.41) is 0. The molecular formula is C21H17F3N2O5S. The highest BCUT2D eigenvalue weighted by Crippen LogP contribution is 2.24.